The minimum Gasteiger partial charge on any atom is -0.323 e. The monoisotopic (exact) mass is 376 g/mol. The Morgan fingerprint density at radius 3 is 2.33 bits per heavy atom. The van der Waals surface area contributed by atoms with E-state index in [1.54, 1.807) is 0 Å². The van der Waals surface area contributed by atoms with Crippen LogP contribution in [0.1, 0.15) is 25.8 Å². The summed E-state index contributed by atoms with van der Waals surface area (Å²) in [6, 6.07) is 3.42. The lowest BCUT2D eigenvalue weighted by Gasteiger charge is -2.19. The molecule has 1 aromatic carbocycles. The smallest absolute Gasteiger partial charge is 0.241 e. The average Bonchev–Trinajstić information content (AvgIpc) is 2.31. The van der Waals surface area contributed by atoms with Gasteiger partial charge in [0.15, 0.2) is 0 Å². The highest BCUT2D eigenvalue weighted by Crippen LogP contribution is 2.32. The number of halogens is 2. The van der Waals surface area contributed by atoms with Crippen LogP contribution in [0.5, 0.6) is 0 Å². The van der Waals surface area contributed by atoms with Crippen LogP contribution in [0.25, 0.3) is 0 Å². The molecule has 0 radical (unpaired) electrons. The highest BCUT2D eigenvalue weighted by molar-refractivity contribution is 9.11. The summed E-state index contributed by atoms with van der Waals surface area (Å²) in [5.41, 5.74) is 7.74. The van der Waals surface area contributed by atoms with Crippen molar-refractivity contribution >= 4 is 43.5 Å². The number of rotatable bonds is 4. The van der Waals surface area contributed by atoms with Crippen molar-refractivity contribution in [1.29, 1.82) is 0 Å². The van der Waals surface area contributed by atoms with Gasteiger partial charge in [0.1, 0.15) is 0 Å². The molecule has 1 unspecified atom stereocenters. The summed E-state index contributed by atoms with van der Waals surface area (Å²) >= 11 is 6.89. The molecule has 0 bridgehead atoms. The first-order valence-corrected chi connectivity index (χ1v) is 7.47. The molecule has 1 amide bonds. The summed E-state index contributed by atoms with van der Waals surface area (Å²) in [7, 11) is 0. The summed E-state index contributed by atoms with van der Waals surface area (Å²) < 4.78 is 1.69. The number of hydrogen-bond acceptors (Lipinski definition) is 2. The Bertz CT molecular complexity index is 426. The van der Waals surface area contributed by atoms with Gasteiger partial charge >= 0.3 is 0 Å². The Balaban J connectivity index is 2.89. The summed E-state index contributed by atoms with van der Waals surface area (Å²) in [5.74, 6) is 0.00241. The van der Waals surface area contributed by atoms with E-state index in [2.05, 4.69) is 37.2 Å². The van der Waals surface area contributed by atoms with Crippen LogP contribution in [0, 0.1) is 12.8 Å². The third-order valence-corrected chi connectivity index (χ3v) is 4.25. The van der Waals surface area contributed by atoms with Crippen LogP contribution in [0.4, 0.5) is 5.69 Å². The maximum absolute atomic E-state index is 12.0. The van der Waals surface area contributed by atoms with E-state index in [0.717, 1.165) is 26.6 Å². The average molecular weight is 378 g/mol. The van der Waals surface area contributed by atoms with E-state index in [-0.39, 0.29) is 11.8 Å². The Labute approximate surface area is 125 Å². The SMILES string of the molecule is CCC(C)[C@H](N)C(=O)Nc1c(Br)cc(C)cc1Br. The zero-order chi connectivity index (χ0) is 13.9. The second-order valence-electron chi connectivity index (χ2n) is 4.50. The van der Waals surface area contributed by atoms with Crippen molar-refractivity contribution in [2.75, 3.05) is 5.32 Å². The van der Waals surface area contributed by atoms with Gasteiger partial charge in [-0.2, -0.15) is 0 Å². The third kappa shape index (κ3) is 3.80. The summed E-state index contributed by atoms with van der Waals surface area (Å²) in [6.45, 7) is 5.99. The number of anilines is 1. The van der Waals surface area contributed by atoms with Crippen molar-refractivity contribution in [3.63, 3.8) is 0 Å². The van der Waals surface area contributed by atoms with Gasteiger partial charge in [-0.3, -0.25) is 4.79 Å². The van der Waals surface area contributed by atoms with Crippen LogP contribution in [0.15, 0.2) is 21.1 Å². The molecular formula is C13H18Br2N2O. The van der Waals surface area contributed by atoms with E-state index in [4.69, 9.17) is 5.73 Å². The molecular weight excluding hydrogens is 360 g/mol. The zero-order valence-electron chi connectivity index (χ0n) is 10.8. The predicted molar refractivity (Wildman–Crippen MR) is 82.6 cm³/mol. The number of carbonyl (C=O) groups is 1. The van der Waals surface area contributed by atoms with Gasteiger partial charge in [0.25, 0.3) is 0 Å². The maximum atomic E-state index is 12.0. The number of amides is 1. The van der Waals surface area contributed by atoms with E-state index >= 15 is 0 Å². The quantitative estimate of drug-likeness (QED) is 0.837. The highest BCUT2D eigenvalue weighted by Gasteiger charge is 2.21. The molecule has 18 heavy (non-hydrogen) atoms. The molecule has 100 valence electrons. The fraction of sp³-hybridized carbons (Fsp3) is 0.462. The fourth-order valence-corrected chi connectivity index (χ4v) is 3.15. The van der Waals surface area contributed by atoms with Crippen LogP contribution < -0.4 is 11.1 Å². The molecule has 0 spiro atoms. The first kappa shape index (κ1) is 15.7. The van der Waals surface area contributed by atoms with E-state index in [1.807, 2.05) is 32.9 Å². The molecule has 0 aliphatic rings. The summed E-state index contributed by atoms with van der Waals surface area (Å²) in [4.78, 5) is 12.0. The molecule has 0 fully saturated rings. The highest BCUT2D eigenvalue weighted by atomic mass is 79.9. The Hall–Kier alpha value is -0.390. The number of benzene rings is 1. The molecule has 0 aromatic heterocycles. The van der Waals surface area contributed by atoms with Crippen molar-refractivity contribution in [3.05, 3.63) is 26.6 Å². The molecule has 5 heteroatoms. The number of nitrogens with one attached hydrogen (secondary N) is 1. The second kappa shape index (κ2) is 6.68. The molecule has 3 N–H and O–H groups in total. The van der Waals surface area contributed by atoms with Crippen LogP contribution >= 0.6 is 31.9 Å². The lowest BCUT2D eigenvalue weighted by molar-refractivity contribution is -0.118. The van der Waals surface area contributed by atoms with E-state index in [9.17, 15) is 4.79 Å². The number of hydrogen-bond donors (Lipinski definition) is 2. The topological polar surface area (TPSA) is 55.1 Å². The van der Waals surface area contributed by atoms with Crippen molar-refractivity contribution in [2.24, 2.45) is 11.7 Å². The molecule has 1 aromatic rings. The molecule has 2 atom stereocenters. The molecule has 1 rings (SSSR count). The molecule has 0 heterocycles. The summed E-state index contributed by atoms with van der Waals surface area (Å²) in [6.07, 6.45) is 0.880. The van der Waals surface area contributed by atoms with Gasteiger partial charge in [-0.25, -0.2) is 0 Å². The van der Waals surface area contributed by atoms with Crippen molar-refractivity contribution < 1.29 is 4.79 Å². The Morgan fingerprint density at radius 2 is 1.89 bits per heavy atom. The van der Waals surface area contributed by atoms with Gasteiger partial charge in [0.05, 0.1) is 11.7 Å². The molecule has 0 saturated carbocycles. The van der Waals surface area contributed by atoms with Crippen molar-refractivity contribution in [2.45, 2.75) is 33.2 Å². The molecule has 0 aliphatic heterocycles. The number of nitrogens with two attached hydrogens (primary N) is 1. The van der Waals surface area contributed by atoms with E-state index in [1.165, 1.54) is 0 Å². The minimum atomic E-state index is -0.491. The van der Waals surface area contributed by atoms with Crippen molar-refractivity contribution in [3.8, 4) is 0 Å². The third-order valence-electron chi connectivity index (χ3n) is 2.99. The first-order valence-electron chi connectivity index (χ1n) is 5.88. The molecule has 3 nitrogen and oxygen atoms in total. The zero-order valence-corrected chi connectivity index (χ0v) is 13.9. The molecule has 0 saturated heterocycles. The standard InChI is InChI=1S/C13H18Br2N2O/c1-4-8(3)11(16)13(18)17-12-9(14)5-7(2)6-10(12)15/h5-6,8,11H,4,16H2,1-3H3,(H,17,18)/t8?,11-/m0/s1. The first-order chi connectivity index (χ1) is 8.36. The Kier molecular flexibility index (Phi) is 5.82. The van der Waals surface area contributed by atoms with E-state index in [0.29, 0.717) is 0 Å². The second-order valence-corrected chi connectivity index (χ2v) is 6.21. The van der Waals surface area contributed by atoms with Crippen LogP contribution in [-0.2, 0) is 4.79 Å². The van der Waals surface area contributed by atoms with Crippen LogP contribution in [-0.4, -0.2) is 11.9 Å². The largest absolute Gasteiger partial charge is 0.323 e. The van der Waals surface area contributed by atoms with Crippen LogP contribution in [0.3, 0.4) is 0 Å². The maximum Gasteiger partial charge on any atom is 0.241 e. The van der Waals surface area contributed by atoms with Crippen molar-refractivity contribution in [1.82, 2.24) is 0 Å². The van der Waals surface area contributed by atoms with Crippen LogP contribution in [0.2, 0.25) is 0 Å². The fourth-order valence-electron chi connectivity index (χ4n) is 1.54. The van der Waals surface area contributed by atoms with Gasteiger partial charge < -0.3 is 11.1 Å². The van der Waals surface area contributed by atoms with Gasteiger partial charge in [-0.05, 0) is 62.4 Å². The Morgan fingerprint density at radius 1 is 1.39 bits per heavy atom. The normalized spacial score (nSPS) is 14.1. The van der Waals surface area contributed by atoms with Gasteiger partial charge in [-0.1, -0.05) is 20.3 Å². The van der Waals surface area contributed by atoms with Gasteiger partial charge in [-0.15, -0.1) is 0 Å². The van der Waals surface area contributed by atoms with Gasteiger partial charge in [0.2, 0.25) is 5.91 Å². The minimum absolute atomic E-state index is 0.158. The number of aryl methyl sites for hydroxylation is 1. The van der Waals surface area contributed by atoms with Gasteiger partial charge in [0, 0.05) is 8.95 Å². The summed E-state index contributed by atoms with van der Waals surface area (Å²) in [5, 5.41) is 2.86. The molecule has 0 aliphatic carbocycles. The lowest BCUT2D eigenvalue weighted by Crippen LogP contribution is -2.40. The number of carbonyl (C=O) groups excluding carboxylic acids is 1. The van der Waals surface area contributed by atoms with E-state index < -0.39 is 6.04 Å². The predicted octanol–water partition coefficient (Wildman–Crippen LogP) is 3.83. The lowest BCUT2D eigenvalue weighted by atomic mass is 9.99.